The van der Waals surface area contributed by atoms with Gasteiger partial charge in [0.1, 0.15) is 0 Å². The van der Waals surface area contributed by atoms with Crippen LogP contribution in [0.25, 0.3) is 0 Å². The predicted octanol–water partition coefficient (Wildman–Crippen LogP) is 3.84. The molecule has 0 saturated heterocycles. The van der Waals surface area contributed by atoms with Gasteiger partial charge in [-0.15, -0.1) is 16.1 Å². The first-order valence-electron chi connectivity index (χ1n) is 3.71. The van der Waals surface area contributed by atoms with Gasteiger partial charge >= 0.3 is 32.7 Å². The van der Waals surface area contributed by atoms with E-state index in [0.29, 0.717) is 0 Å². The minimum absolute atomic E-state index is 0. The second-order valence-corrected chi connectivity index (χ2v) is 15.4. The van der Waals surface area contributed by atoms with Crippen LogP contribution in [0, 0.1) is 20.5 Å². The molecule has 0 amide bonds. The van der Waals surface area contributed by atoms with Gasteiger partial charge in [-0.1, -0.05) is 39.3 Å². The summed E-state index contributed by atoms with van der Waals surface area (Å²) in [4.78, 5) is 0. The molecular formula is C9H25Si2Y. The van der Waals surface area contributed by atoms with E-state index in [4.69, 9.17) is 0 Å². The van der Waals surface area contributed by atoms with Crippen LogP contribution >= 0.6 is 0 Å². The first kappa shape index (κ1) is 23.4. The molecule has 0 N–H and O–H groups in total. The van der Waals surface area contributed by atoms with E-state index in [1.54, 1.807) is 0 Å². The summed E-state index contributed by atoms with van der Waals surface area (Å²) >= 11 is 0. The molecular weight excluding hydrogens is 253 g/mol. The van der Waals surface area contributed by atoms with Crippen molar-refractivity contribution in [1.82, 2.24) is 0 Å². The van der Waals surface area contributed by atoms with Crippen LogP contribution in [-0.2, 0) is 32.7 Å². The Labute approximate surface area is 108 Å². The summed E-state index contributed by atoms with van der Waals surface area (Å²) in [6.07, 6.45) is 0. The molecule has 0 radical (unpaired) electrons. The summed E-state index contributed by atoms with van der Waals surface area (Å²) in [7, 11) is -1.72. The molecule has 0 aromatic heterocycles. The molecule has 0 saturated carbocycles. The molecule has 0 rings (SSSR count). The molecule has 3 heteroatoms. The van der Waals surface area contributed by atoms with Crippen molar-refractivity contribution in [2.45, 2.75) is 39.3 Å². The summed E-state index contributed by atoms with van der Waals surface area (Å²) in [6, 6.07) is 0. The van der Waals surface area contributed by atoms with E-state index in [1.165, 1.54) is 0 Å². The summed E-state index contributed by atoms with van der Waals surface area (Å²) in [5, 5.41) is 0. The van der Waals surface area contributed by atoms with Crippen LogP contribution in [0.15, 0.2) is 0 Å². The van der Waals surface area contributed by atoms with Crippen LogP contribution in [0.4, 0.5) is 0 Å². The maximum absolute atomic E-state index is 3.91. The fourth-order valence-corrected chi connectivity index (χ4v) is 0. The second-order valence-electron chi connectivity index (χ2n) is 5.12. The Morgan fingerprint density at radius 1 is 0.667 bits per heavy atom. The molecule has 0 aliphatic carbocycles. The van der Waals surface area contributed by atoms with Crippen molar-refractivity contribution < 1.29 is 32.7 Å². The minimum Gasteiger partial charge on any atom is -0.358 e. The molecule has 0 nitrogen and oxygen atoms in total. The van der Waals surface area contributed by atoms with Gasteiger partial charge in [-0.2, -0.15) is 0 Å². The monoisotopic (exact) mass is 278 g/mol. The third-order valence-electron chi connectivity index (χ3n) is 0. The van der Waals surface area contributed by atoms with Gasteiger partial charge in [0.15, 0.2) is 0 Å². The predicted molar refractivity (Wildman–Crippen MR) is 63.8 cm³/mol. The van der Waals surface area contributed by atoms with Crippen molar-refractivity contribution in [3.8, 4) is 0 Å². The number of hydrogen-bond donors (Lipinski definition) is 0. The summed E-state index contributed by atoms with van der Waals surface area (Å²) in [6.45, 7) is 21.1. The van der Waals surface area contributed by atoms with E-state index in [2.05, 4.69) is 52.4 Å². The van der Waals surface area contributed by atoms with Crippen LogP contribution in [0.1, 0.15) is 0 Å². The van der Waals surface area contributed by atoms with Crippen LogP contribution in [0.3, 0.4) is 0 Å². The molecule has 0 bridgehead atoms. The minimum atomic E-state index is -0.861. The van der Waals surface area contributed by atoms with Gasteiger partial charge in [-0.25, -0.2) is 0 Å². The smallest absolute Gasteiger partial charge is 0.358 e. The van der Waals surface area contributed by atoms with E-state index in [0.717, 1.165) is 0 Å². The number of hydrogen-bond acceptors (Lipinski definition) is 0. The fourth-order valence-electron chi connectivity index (χ4n) is 0. The molecule has 0 aromatic carbocycles. The molecule has 0 aliphatic rings. The number of rotatable bonds is 0. The normalized spacial score (nSPS) is 10.0. The van der Waals surface area contributed by atoms with Gasteiger partial charge in [0.05, 0.1) is 0 Å². The standard InChI is InChI=1S/2C4H11Si.CH3.Y/c2*1-5(2,3)4;;/h2*1H2,2-4H3;1H3;/q3*-1;+3. The van der Waals surface area contributed by atoms with Crippen molar-refractivity contribution >= 4 is 16.1 Å². The van der Waals surface area contributed by atoms with Crippen molar-refractivity contribution in [3.63, 3.8) is 0 Å². The maximum atomic E-state index is 3.91. The van der Waals surface area contributed by atoms with Crippen LogP contribution in [0.2, 0.25) is 39.3 Å². The topological polar surface area (TPSA) is 0 Å². The van der Waals surface area contributed by atoms with E-state index in [-0.39, 0.29) is 40.1 Å². The second kappa shape index (κ2) is 9.11. The molecule has 0 aliphatic heterocycles. The van der Waals surface area contributed by atoms with Gasteiger partial charge < -0.3 is 20.5 Å². The maximum Gasteiger partial charge on any atom is 3.00 e. The SMILES string of the molecule is [CH2-][Si](C)(C)C.[CH2-][Si](C)(C)C.[CH3-].[Y+3]. The third kappa shape index (κ3) is 542. The van der Waals surface area contributed by atoms with Crippen LogP contribution in [0.5, 0.6) is 0 Å². The Morgan fingerprint density at radius 2 is 0.667 bits per heavy atom. The van der Waals surface area contributed by atoms with Crippen molar-refractivity contribution in [3.05, 3.63) is 20.5 Å². The van der Waals surface area contributed by atoms with Gasteiger partial charge in [0.2, 0.25) is 0 Å². The van der Waals surface area contributed by atoms with Gasteiger partial charge in [-0.3, -0.25) is 0 Å². The van der Waals surface area contributed by atoms with E-state index >= 15 is 0 Å². The zero-order valence-corrected chi connectivity index (χ0v) is 14.8. The fraction of sp³-hybridized carbons (Fsp3) is 0.667. The van der Waals surface area contributed by atoms with Crippen molar-refractivity contribution in [2.75, 3.05) is 0 Å². The van der Waals surface area contributed by atoms with Gasteiger partial charge in [-0.05, 0) is 0 Å². The first-order chi connectivity index (χ1) is 4.00. The van der Waals surface area contributed by atoms with Gasteiger partial charge in [0, 0.05) is 0 Å². The molecule has 0 atom stereocenters. The Hall–Kier alpha value is 1.54. The van der Waals surface area contributed by atoms with Crippen molar-refractivity contribution in [2.24, 2.45) is 0 Å². The average Bonchev–Trinajstić information content (AvgIpc) is 1.12. The molecule has 0 spiro atoms. The molecule has 12 heavy (non-hydrogen) atoms. The average molecular weight is 278 g/mol. The first-order valence-corrected chi connectivity index (χ1v) is 11.1. The van der Waals surface area contributed by atoms with Crippen LogP contribution in [-0.4, -0.2) is 16.1 Å². The van der Waals surface area contributed by atoms with E-state index in [9.17, 15) is 0 Å². The Kier molecular flexibility index (Phi) is 17.8. The Balaban J connectivity index is -0.0000000457. The summed E-state index contributed by atoms with van der Waals surface area (Å²) in [5.74, 6) is 0. The summed E-state index contributed by atoms with van der Waals surface area (Å²) < 4.78 is 0. The largest absolute Gasteiger partial charge is 3.00 e. The molecule has 0 heterocycles. The Bertz CT molecular complexity index is 55.5. The molecule has 0 unspecified atom stereocenters. The molecule has 72 valence electrons. The third-order valence-corrected chi connectivity index (χ3v) is 0. The molecule has 0 aromatic rings. The van der Waals surface area contributed by atoms with E-state index < -0.39 is 16.1 Å². The van der Waals surface area contributed by atoms with Crippen molar-refractivity contribution in [1.29, 1.82) is 0 Å². The van der Waals surface area contributed by atoms with E-state index in [1.807, 2.05) is 0 Å². The van der Waals surface area contributed by atoms with Gasteiger partial charge in [0.25, 0.3) is 0 Å². The molecule has 0 fully saturated rings. The quantitative estimate of drug-likeness (QED) is 0.466. The van der Waals surface area contributed by atoms with Crippen LogP contribution < -0.4 is 0 Å². The summed E-state index contributed by atoms with van der Waals surface area (Å²) in [5.41, 5.74) is 0. The zero-order valence-electron chi connectivity index (χ0n) is 9.99. The zero-order chi connectivity index (χ0) is 9.00. The Morgan fingerprint density at radius 3 is 0.667 bits per heavy atom.